The highest BCUT2D eigenvalue weighted by molar-refractivity contribution is 6.34. The van der Waals surface area contributed by atoms with E-state index in [9.17, 15) is 9.18 Å². The molecule has 3 heteroatoms. The molecule has 1 aromatic rings. The highest BCUT2D eigenvalue weighted by Gasteiger charge is 2.15. The topological polar surface area (TPSA) is 17.1 Å². The number of allylic oxidation sites excluding steroid dienone is 1. The zero-order valence-electron chi connectivity index (χ0n) is 7.10. The Kier molecular flexibility index (Phi) is 2.83. The van der Waals surface area contributed by atoms with Gasteiger partial charge in [0.2, 0.25) is 0 Å². The predicted molar refractivity (Wildman–Crippen MR) is 50.6 cm³/mol. The van der Waals surface area contributed by atoms with Gasteiger partial charge in [-0.15, -0.1) is 0 Å². The number of ketones is 1. The molecule has 0 aliphatic carbocycles. The van der Waals surface area contributed by atoms with Crippen molar-refractivity contribution in [2.24, 2.45) is 0 Å². The number of carbonyl (C=O) groups is 1. The van der Waals surface area contributed by atoms with Gasteiger partial charge < -0.3 is 0 Å². The Hall–Kier alpha value is -1.15. The van der Waals surface area contributed by atoms with Gasteiger partial charge in [-0.3, -0.25) is 4.79 Å². The van der Waals surface area contributed by atoms with Crippen molar-refractivity contribution in [3.05, 3.63) is 46.8 Å². The van der Waals surface area contributed by atoms with Crippen LogP contribution >= 0.6 is 11.6 Å². The molecule has 68 valence electrons. The van der Waals surface area contributed by atoms with Crippen molar-refractivity contribution in [1.82, 2.24) is 0 Å². The van der Waals surface area contributed by atoms with Gasteiger partial charge in [-0.1, -0.05) is 24.2 Å². The maximum atomic E-state index is 13.1. The fourth-order valence-corrected chi connectivity index (χ4v) is 1.18. The van der Waals surface area contributed by atoms with Crippen molar-refractivity contribution in [2.75, 3.05) is 0 Å². The van der Waals surface area contributed by atoms with Crippen LogP contribution in [0.15, 0.2) is 30.4 Å². The molecule has 0 aromatic heterocycles. The first-order chi connectivity index (χ1) is 6.04. The molecule has 1 rings (SSSR count). The summed E-state index contributed by atoms with van der Waals surface area (Å²) in [6.45, 7) is 4.96. The smallest absolute Gasteiger partial charge is 0.192 e. The lowest BCUT2D eigenvalue weighted by Gasteiger charge is -2.03. The first-order valence-electron chi connectivity index (χ1n) is 3.68. The molecule has 13 heavy (non-hydrogen) atoms. The van der Waals surface area contributed by atoms with E-state index in [0.717, 1.165) is 0 Å². The summed E-state index contributed by atoms with van der Waals surface area (Å²) in [5, 5.41) is 0.119. The average molecular weight is 199 g/mol. The van der Waals surface area contributed by atoms with Crippen molar-refractivity contribution in [3.63, 3.8) is 0 Å². The summed E-state index contributed by atoms with van der Waals surface area (Å²) in [5.41, 5.74) is 0.170. The minimum atomic E-state index is -0.611. The molecular formula is C10H8ClFO. The van der Waals surface area contributed by atoms with Gasteiger partial charge in [-0.05, 0) is 24.6 Å². The van der Waals surface area contributed by atoms with Crippen molar-refractivity contribution in [3.8, 4) is 0 Å². The van der Waals surface area contributed by atoms with E-state index in [1.54, 1.807) is 0 Å². The molecule has 0 bridgehead atoms. The number of hydrogen-bond donors (Lipinski definition) is 0. The SMILES string of the molecule is C=C(C)C(=O)c1c(F)cccc1Cl. The Bertz CT molecular complexity index is 351. The van der Waals surface area contributed by atoms with Gasteiger partial charge in [0, 0.05) is 0 Å². The minimum absolute atomic E-state index is 0.100. The second-order valence-electron chi connectivity index (χ2n) is 2.71. The van der Waals surface area contributed by atoms with Crippen LogP contribution in [0.25, 0.3) is 0 Å². The first-order valence-corrected chi connectivity index (χ1v) is 4.06. The molecule has 1 aromatic carbocycles. The van der Waals surface area contributed by atoms with Crippen molar-refractivity contribution >= 4 is 17.4 Å². The van der Waals surface area contributed by atoms with Gasteiger partial charge >= 0.3 is 0 Å². The van der Waals surface area contributed by atoms with Gasteiger partial charge in [-0.2, -0.15) is 0 Å². The summed E-state index contributed by atoms with van der Waals surface area (Å²) < 4.78 is 13.1. The molecule has 0 saturated carbocycles. The van der Waals surface area contributed by atoms with Crippen LogP contribution in [0, 0.1) is 5.82 Å². The van der Waals surface area contributed by atoms with Crippen LogP contribution in [0.2, 0.25) is 5.02 Å². The maximum Gasteiger partial charge on any atom is 0.192 e. The Labute approximate surface area is 80.8 Å². The van der Waals surface area contributed by atoms with Crippen molar-refractivity contribution in [2.45, 2.75) is 6.92 Å². The molecule has 0 radical (unpaired) electrons. The summed E-state index contributed by atoms with van der Waals surface area (Å²) >= 11 is 5.67. The van der Waals surface area contributed by atoms with E-state index in [2.05, 4.69) is 6.58 Å². The predicted octanol–water partition coefficient (Wildman–Crippen LogP) is 3.24. The van der Waals surface area contributed by atoms with Crippen molar-refractivity contribution < 1.29 is 9.18 Å². The summed E-state index contributed by atoms with van der Waals surface area (Å²) in [5.74, 6) is -1.07. The molecule has 0 heterocycles. The van der Waals surface area contributed by atoms with E-state index < -0.39 is 11.6 Å². The summed E-state index contributed by atoms with van der Waals surface area (Å²) in [7, 11) is 0. The summed E-state index contributed by atoms with van der Waals surface area (Å²) in [6.07, 6.45) is 0. The molecule has 0 atom stereocenters. The molecule has 0 fully saturated rings. The van der Waals surface area contributed by atoms with Gasteiger partial charge in [-0.25, -0.2) is 4.39 Å². The number of carbonyl (C=O) groups excluding carboxylic acids is 1. The molecule has 0 amide bonds. The molecule has 0 spiro atoms. The molecule has 0 N–H and O–H groups in total. The molecule has 0 aliphatic heterocycles. The van der Waals surface area contributed by atoms with E-state index in [4.69, 9.17) is 11.6 Å². The normalized spacial score (nSPS) is 9.77. The van der Waals surface area contributed by atoms with E-state index in [1.807, 2.05) is 0 Å². The number of benzene rings is 1. The fourth-order valence-electron chi connectivity index (χ4n) is 0.928. The van der Waals surface area contributed by atoms with Crippen LogP contribution < -0.4 is 0 Å². The number of hydrogen-bond acceptors (Lipinski definition) is 1. The third-order valence-electron chi connectivity index (χ3n) is 1.58. The Morgan fingerprint density at radius 3 is 2.62 bits per heavy atom. The summed E-state index contributed by atoms with van der Waals surface area (Å²) in [6, 6.07) is 4.12. The van der Waals surface area contributed by atoms with Crippen LogP contribution in [0.5, 0.6) is 0 Å². The minimum Gasteiger partial charge on any atom is -0.289 e. The van der Waals surface area contributed by atoms with E-state index in [0.29, 0.717) is 0 Å². The highest BCUT2D eigenvalue weighted by Crippen LogP contribution is 2.21. The molecular weight excluding hydrogens is 191 g/mol. The van der Waals surface area contributed by atoms with Crippen LogP contribution in [-0.2, 0) is 0 Å². The molecule has 0 unspecified atom stereocenters. The second-order valence-corrected chi connectivity index (χ2v) is 3.11. The number of Topliss-reactive ketones (excluding diaryl/α,β-unsaturated/α-hetero) is 1. The standard InChI is InChI=1S/C10H8ClFO/c1-6(2)10(13)9-7(11)4-3-5-8(9)12/h3-5H,1H2,2H3. The Morgan fingerprint density at radius 1 is 1.54 bits per heavy atom. The van der Waals surface area contributed by atoms with E-state index in [1.165, 1.54) is 25.1 Å². The summed E-state index contributed by atoms with van der Waals surface area (Å²) in [4.78, 5) is 11.4. The average Bonchev–Trinajstić information content (AvgIpc) is 2.03. The Morgan fingerprint density at radius 2 is 2.15 bits per heavy atom. The first kappa shape index (κ1) is 9.93. The Balaban J connectivity index is 3.28. The van der Waals surface area contributed by atoms with Gasteiger partial charge in [0.05, 0.1) is 10.6 Å². The fraction of sp³-hybridized carbons (Fsp3) is 0.100. The lowest BCUT2D eigenvalue weighted by molar-refractivity contribution is 0.103. The highest BCUT2D eigenvalue weighted by atomic mass is 35.5. The van der Waals surface area contributed by atoms with Gasteiger partial charge in [0.1, 0.15) is 5.82 Å². The van der Waals surface area contributed by atoms with Gasteiger partial charge in [0.25, 0.3) is 0 Å². The number of halogens is 2. The molecule has 0 aliphatic rings. The maximum absolute atomic E-state index is 13.1. The van der Waals surface area contributed by atoms with Crippen LogP contribution in [-0.4, -0.2) is 5.78 Å². The van der Waals surface area contributed by atoms with Crippen LogP contribution in [0.4, 0.5) is 4.39 Å². The number of rotatable bonds is 2. The largest absolute Gasteiger partial charge is 0.289 e. The van der Waals surface area contributed by atoms with Gasteiger partial charge in [0.15, 0.2) is 5.78 Å². The lowest BCUT2D eigenvalue weighted by Crippen LogP contribution is -2.03. The molecule has 0 saturated heterocycles. The monoisotopic (exact) mass is 198 g/mol. The van der Waals surface area contributed by atoms with E-state index in [-0.39, 0.29) is 16.2 Å². The van der Waals surface area contributed by atoms with Crippen LogP contribution in [0.3, 0.4) is 0 Å². The zero-order chi connectivity index (χ0) is 10.0. The zero-order valence-corrected chi connectivity index (χ0v) is 7.86. The third kappa shape index (κ3) is 1.95. The quantitative estimate of drug-likeness (QED) is 0.527. The van der Waals surface area contributed by atoms with Crippen molar-refractivity contribution in [1.29, 1.82) is 0 Å². The van der Waals surface area contributed by atoms with E-state index >= 15 is 0 Å². The molecule has 1 nitrogen and oxygen atoms in total. The second kappa shape index (κ2) is 3.71. The third-order valence-corrected chi connectivity index (χ3v) is 1.89. The van der Waals surface area contributed by atoms with Crippen LogP contribution in [0.1, 0.15) is 17.3 Å². The lowest BCUT2D eigenvalue weighted by atomic mass is 10.1.